The minimum atomic E-state index is -0.504. The number of halogens is 1. The van der Waals surface area contributed by atoms with Crippen molar-refractivity contribution in [2.45, 2.75) is 32.2 Å². The van der Waals surface area contributed by atoms with E-state index in [1.165, 1.54) is 24.2 Å². The van der Waals surface area contributed by atoms with E-state index in [-0.39, 0.29) is 11.9 Å². The molecule has 7 heteroatoms. The quantitative estimate of drug-likeness (QED) is 0.876. The van der Waals surface area contributed by atoms with Gasteiger partial charge in [0, 0.05) is 31.2 Å². The first-order chi connectivity index (χ1) is 11.6. The second kappa shape index (κ2) is 7.30. The van der Waals surface area contributed by atoms with Gasteiger partial charge in [-0.2, -0.15) is 0 Å². The van der Waals surface area contributed by atoms with Crippen LogP contribution in [0.2, 0.25) is 5.02 Å². The average molecular weight is 351 g/mol. The number of nitrogens with zero attached hydrogens (tertiary/aromatic N) is 2. The molecule has 3 rings (SSSR count). The molecule has 3 amide bonds. The Morgan fingerprint density at radius 2 is 2.00 bits per heavy atom. The molecule has 1 aromatic rings. The molecular weight excluding hydrogens is 328 g/mol. The maximum Gasteiger partial charge on any atom is 0.324 e. The summed E-state index contributed by atoms with van der Waals surface area (Å²) in [6.07, 6.45) is 3.60. The van der Waals surface area contributed by atoms with E-state index >= 15 is 0 Å². The molecule has 0 spiro atoms. The fourth-order valence-electron chi connectivity index (χ4n) is 3.25. The van der Waals surface area contributed by atoms with E-state index in [4.69, 9.17) is 11.6 Å². The van der Waals surface area contributed by atoms with Crippen LogP contribution in [0.3, 0.4) is 0 Å². The normalized spacial score (nSPS) is 19.2. The van der Waals surface area contributed by atoms with Gasteiger partial charge >= 0.3 is 6.03 Å². The predicted octanol–water partition coefficient (Wildman–Crippen LogP) is 2.68. The third kappa shape index (κ3) is 3.59. The molecule has 2 heterocycles. The van der Waals surface area contributed by atoms with Gasteiger partial charge in [-0.25, -0.2) is 4.79 Å². The molecule has 2 aliphatic heterocycles. The topological polar surface area (TPSA) is 64.7 Å². The minimum absolute atomic E-state index is 0.227. The summed E-state index contributed by atoms with van der Waals surface area (Å²) >= 11 is 6.15. The predicted molar refractivity (Wildman–Crippen MR) is 95.7 cm³/mol. The number of urea groups is 1. The van der Waals surface area contributed by atoms with Crippen molar-refractivity contribution in [2.24, 2.45) is 0 Å². The first-order valence-corrected chi connectivity index (χ1v) is 8.84. The molecule has 24 heavy (non-hydrogen) atoms. The lowest BCUT2D eigenvalue weighted by Crippen LogP contribution is -2.43. The molecule has 2 N–H and O–H groups in total. The van der Waals surface area contributed by atoms with Gasteiger partial charge in [-0.05, 0) is 44.4 Å². The first-order valence-electron chi connectivity index (χ1n) is 8.46. The van der Waals surface area contributed by atoms with Crippen molar-refractivity contribution in [1.29, 1.82) is 0 Å². The summed E-state index contributed by atoms with van der Waals surface area (Å²) in [7, 11) is 0. The molecule has 0 bridgehead atoms. The van der Waals surface area contributed by atoms with E-state index in [2.05, 4.69) is 15.5 Å². The Balaban J connectivity index is 1.76. The number of benzene rings is 1. The molecule has 2 fully saturated rings. The van der Waals surface area contributed by atoms with Crippen LogP contribution >= 0.6 is 11.6 Å². The van der Waals surface area contributed by atoms with Gasteiger partial charge in [0.05, 0.1) is 11.4 Å². The van der Waals surface area contributed by atoms with Crippen LogP contribution in [0.5, 0.6) is 0 Å². The van der Waals surface area contributed by atoms with Crippen LogP contribution in [0.15, 0.2) is 18.2 Å². The Bertz CT molecular complexity index is 631. The smallest absolute Gasteiger partial charge is 0.324 e. The van der Waals surface area contributed by atoms with Gasteiger partial charge in [-0.15, -0.1) is 0 Å². The number of anilines is 2. The molecule has 6 nitrogen and oxygen atoms in total. The highest BCUT2D eigenvalue weighted by Crippen LogP contribution is 2.31. The van der Waals surface area contributed by atoms with Crippen molar-refractivity contribution in [3.63, 3.8) is 0 Å². The lowest BCUT2D eigenvalue weighted by Gasteiger charge is -2.31. The van der Waals surface area contributed by atoms with Crippen molar-refractivity contribution in [2.75, 3.05) is 36.4 Å². The highest BCUT2D eigenvalue weighted by molar-refractivity contribution is 6.31. The Labute approximate surface area is 147 Å². The highest BCUT2D eigenvalue weighted by atomic mass is 35.5. The zero-order chi connectivity index (χ0) is 17.1. The SMILES string of the molecule is C[C@H](Nc1cc(Cl)ccc1N1CCCCC1)C(=O)N1CCNC1=O. The maximum absolute atomic E-state index is 12.5. The van der Waals surface area contributed by atoms with Crippen LogP contribution in [0.4, 0.5) is 16.2 Å². The molecule has 2 aliphatic rings. The maximum atomic E-state index is 12.5. The molecule has 0 radical (unpaired) electrons. The number of rotatable bonds is 4. The summed E-state index contributed by atoms with van der Waals surface area (Å²) in [5, 5.41) is 6.52. The second-order valence-corrected chi connectivity index (χ2v) is 6.73. The molecule has 130 valence electrons. The Kier molecular flexibility index (Phi) is 5.14. The first kappa shape index (κ1) is 16.9. The molecule has 2 saturated heterocycles. The monoisotopic (exact) mass is 350 g/mol. The fraction of sp³-hybridized carbons (Fsp3) is 0.529. The summed E-state index contributed by atoms with van der Waals surface area (Å²) in [5.41, 5.74) is 1.90. The minimum Gasteiger partial charge on any atom is -0.372 e. The van der Waals surface area contributed by atoms with E-state index < -0.39 is 6.04 Å². The van der Waals surface area contributed by atoms with Crippen molar-refractivity contribution in [3.8, 4) is 0 Å². The molecule has 0 aromatic heterocycles. The van der Waals surface area contributed by atoms with Crippen molar-refractivity contribution >= 4 is 34.9 Å². The third-order valence-electron chi connectivity index (χ3n) is 4.52. The van der Waals surface area contributed by atoms with Crippen LogP contribution < -0.4 is 15.5 Å². The van der Waals surface area contributed by atoms with E-state index in [9.17, 15) is 9.59 Å². The molecule has 0 aliphatic carbocycles. The number of imide groups is 1. The van der Waals surface area contributed by atoms with Gasteiger partial charge in [0.1, 0.15) is 6.04 Å². The number of nitrogens with one attached hydrogen (secondary N) is 2. The molecule has 1 aromatic carbocycles. The van der Waals surface area contributed by atoms with Crippen LogP contribution in [0.25, 0.3) is 0 Å². The lowest BCUT2D eigenvalue weighted by molar-refractivity contribution is -0.128. The average Bonchev–Trinajstić information content (AvgIpc) is 3.01. The number of carbonyl (C=O) groups is 2. The van der Waals surface area contributed by atoms with Gasteiger partial charge in [0.25, 0.3) is 5.91 Å². The van der Waals surface area contributed by atoms with Crippen LogP contribution in [0, 0.1) is 0 Å². The van der Waals surface area contributed by atoms with Crippen LogP contribution in [-0.4, -0.2) is 49.1 Å². The Morgan fingerprint density at radius 1 is 1.25 bits per heavy atom. The molecule has 1 atom stereocenters. The Morgan fingerprint density at radius 3 is 2.67 bits per heavy atom. The number of carbonyl (C=O) groups excluding carboxylic acids is 2. The largest absolute Gasteiger partial charge is 0.372 e. The zero-order valence-electron chi connectivity index (χ0n) is 13.8. The standard InChI is InChI=1S/C17H23ClN4O2/c1-12(16(23)22-10-7-19-17(22)24)20-14-11-13(18)5-6-15(14)21-8-3-2-4-9-21/h5-6,11-12,20H,2-4,7-10H2,1H3,(H,19,24)/t12-/m0/s1. The van der Waals surface area contributed by atoms with Gasteiger partial charge in [-0.1, -0.05) is 11.6 Å². The number of hydrogen-bond donors (Lipinski definition) is 2. The van der Waals surface area contributed by atoms with Crippen molar-refractivity contribution in [1.82, 2.24) is 10.2 Å². The number of piperidine rings is 1. The summed E-state index contributed by atoms with van der Waals surface area (Å²) in [4.78, 5) is 27.7. The van der Waals surface area contributed by atoms with Gasteiger partial charge in [-0.3, -0.25) is 9.69 Å². The molecular formula is C17H23ClN4O2. The van der Waals surface area contributed by atoms with Gasteiger partial charge < -0.3 is 15.5 Å². The van der Waals surface area contributed by atoms with Crippen molar-refractivity contribution < 1.29 is 9.59 Å². The number of amides is 3. The van der Waals surface area contributed by atoms with Gasteiger partial charge in [0.15, 0.2) is 0 Å². The Hall–Kier alpha value is -1.95. The lowest BCUT2D eigenvalue weighted by atomic mass is 10.1. The second-order valence-electron chi connectivity index (χ2n) is 6.30. The molecule has 0 saturated carbocycles. The number of hydrogen-bond acceptors (Lipinski definition) is 4. The van der Waals surface area contributed by atoms with E-state index in [1.807, 2.05) is 18.2 Å². The summed E-state index contributed by atoms with van der Waals surface area (Å²) in [6.45, 7) is 4.71. The van der Waals surface area contributed by atoms with Crippen LogP contribution in [-0.2, 0) is 4.79 Å². The van der Waals surface area contributed by atoms with E-state index in [0.29, 0.717) is 18.1 Å². The molecule has 0 unspecified atom stereocenters. The third-order valence-corrected chi connectivity index (χ3v) is 4.76. The van der Waals surface area contributed by atoms with E-state index in [1.54, 1.807) is 6.92 Å². The highest BCUT2D eigenvalue weighted by Gasteiger charge is 2.30. The van der Waals surface area contributed by atoms with Crippen molar-refractivity contribution in [3.05, 3.63) is 23.2 Å². The summed E-state index contributed by atoms with van der Waals surface area (Å²) < 4.78 is 0. The van der Waals surface area contributed by atoms with Gasteiger partial charge in [0.2, 0.25) is 0 Å². The summed E-state index contributed by atoms with van der Waals surface area (Å²) in [5.74, 6) is -0.227. The van der Waals surface area contributed by atoms with E-state index in [0.717, 1.165) is 24.5 Å². The summed E-state index contributed by atoms with van der Waals surface area (Å²) in [6, 6.07) is 4.89. The fourth-order valence-corrected chi connectivity index (χ4v) is 3.42. The van der Waals surface area contributed by atoms with Crippen LogP contribution in [0.1, 0.15) is 26.2 Å². The zero-order valence-corrected chi connectivity index (χ0v) is 14.6.